The van der Waals surface area contributed by atoms with Crippen LogP contribution in [0.5, 0.6) is 0 Å². The molecule has 0 saturated carbocycles. The van der Waals surface area contributed by atoms with E-state index in [2.05, 4.69) is 10.3 Å². The fraction of sp³-hybridized carbons (Fsp3) is 0.600. The van der Waals surface area contributed by atoms with Crippen LogP contribution in [0.25, 0.3) is 0 Å². The summed E-state index contributed by atoms with van der Waals surface area (Å²) >= 11 is 0. The maximum absolute atomic E-state index is 4.54. The van der Waals surface area contributed by atoms with Gasteiger partial charge in [-0.3, -0.25) is 0 Å². The normalized spacial score (nSPS) is 10.6. The zero-order valence-electron chi connectivity index (χ0n) is 4.77. The van der Waals surface area contributed by atoms with Crippen LogP contribution in [0.1, 0.15) is 6.92 Å². The zero-order valence-corrected chi connectivity index (χ0v) is 4.77. The quantitative estimate of drug-likeness (QED) is 0.321. The molecule has 0 saturated heterocycles. The Morgan fingerprint density at radius 3 is 2.86 bits per heavy atom. The molecule has 0 bridgehead atoms. The molecule has 0 fully saturated rings. The van der Waals surface area contributed by atoms with Gasteiger partial charge in [0, 0.05) is 6.54 Å². The third kappa shape index (κ3) is 5.66. The first-order valence-electron chi connectivity index (χ1n) is 2.28. The summed E-state index contributed by atoms with van der Waals surface area (Å²) < 4.78 is 0. The Bertz CT molecular complexity index is 52.0. The molecule has 0 aromatic rings. The second-order valence-electron chi connectivity index (χ2n) is 1.12. The SMILES string of the molecule is C/C=C/CNOC. The van der Waals surface area contributed by atoms with Gasteiger partial charge in [0.2, 0.25) is 0 Å². The molecule has 2 nitrogen and oxygen atoms in total. The van der Waals surface area contributed by atoms with Crippen LogP contribution in [0.15, 0.2) is 12.2 Å². The van der Waals surface area contributed by atoms with Gasteiger partial charge in [0.1, 0.15) is 0 Å². The molecular weight excluding hydrogens is 90.1 g/mol. The summed E-state index contributed by atoms with van der Waals surface area (Å²) in [5.74, 6) is 0. The van der Waals surface area contributed by atoms with Gasteiger partial charge in [-0.05, 0) is 6.92 Å². The van der Waals surface area contributed by atoms with Gasteiger partial charge in [0.25, 0.3) is 0 Å². The number of hydroxylamine groups is 1. The highest BCUT2D eigenvalue weighted by Crippen LogP contribution is 1.64. The Balaban J connectivity index is 2.69. The number of rotatable bonds is 3. The van der Waals surface area contributed by atoms with Crippen molar-refractivity contribution in [3.05, 3.63) is 12.2 Å². The molecule has 0 rings (SSSR count). The topological polar surface area (TPSA) is 21.3 Å². The molecule has 0 aromatic carbocycles. The Morgan fingerprint density at radius 1 is 1.71 bits per heavy atom. The fourth-order valence-corrected chi connectivity index (χ4v) is 0.249. The van der Waals surface area contributed by atoms with E-state index in [1.165, 1.54) is 0 Å². The van der Waals surface area contributed by atoms with Crippen LogP contribution in [-0.2, 0) is 4.84 Å². The zero-order chi connectivity index (χ0) is 5.54. The lowest BCUT2D eigenvalue weighted by atomic mass is 10.5. The van der Waals surface area contributed by atoms with Crippen molar-refractivity contribution in [1.82, 2.24) is 5.48 Å². The van der Waals surface area contributed by atoms with E-state index >= 15 is 0 Å². The second kappa shape index (κ2) is 5.66. The van der Waals surface area contributed by atoms with Crippen molar-refractivity contribution in [2.24, 2.45) is 0 Å². The number of allylic oxidation sites excluding steroid dienone is 1. The summed E-state index contributed by atoms with van der Waals surface area (Å²) in [5.41, 5.74) is 2.66. The molecular formula is C5H11NO. The van der Waals surface area contributed by atoms with Gasteiger partial charge in [-0.2, -0.15) is 5.48 Å². The van der Waals surface area contributed by atoms with Crippen LogP contribution in [-0.4, -0.2) is 13.7 Å². The van der Waals surface area contributed by atoms with Crippen LogP contribution in [0.2, 0.25) is 0 Å². The molecule has 0 radical (unpaired) electrons. The first-order valence-corrected chi connectivity index (χ1v) is 2.28. The predicted octanol–water partition coefficient (Wildman–Crippen LogP) is 0.714. The molecule has 0 unspecified atom stereocenters. The Morgan fingerprint density at radius 2 is 2.43 bits per heavy atom. The summed E-state index contributed by atoms with van der Waals surface area (Å²) in [7, 11) is 1.60. The summed E-state index contributed by atoms with van der Waals surface area (Å²) in [6.45, 7) is 2.75. The van der Waals surface area contributed by atoms with Gasteiger partial charge in [-0.15, -0.1) is 0 Å². The van der Waals surface area contributed by atoms with Gasteiger partial charge in [0.15, 0.2) is 0 Å². The molecule has 0 atom stereocenters. The number of hydrogen-bond donors (Lipinski definition) is 1. The predicted molar refractivity (Wildman–Crippen MR) is 29.8 cm³/mol. The summed E-state index contributed by atoms with van der Waals surface area (Å²) in [4.78, 5) is 4.54. The van der Waals surface area contributed by atoms with Crippen LogP contribution in [0.4, 0.5) is 0 Å². The largest absolute Gasteiger partial charge is 0.305 e. The van der Waals surface area contributed by atoms with Crippen LogP contribution in [0.3, 0.4) is 0 Å². The van der Waals surface area contributed by atoms with E-state index in [1.807, 2.05) is 19.1 Å². The third-order valence-electron chi connectivity index (χ3n) is 0.581. The minimum Gasteiger partial charge on any atom is -0.305 e. The van der Waals surface area contributed by atoms with Gasteiger partial charge in [-0.1, -0.05) is 12.2 Å². The summed E-state index contributed by atoms with van der Waals surface area (Å²) in [6, 6.07) is 0. The van der Waals surface area contributed by atoms with Crippen molar-refractivity contribution in [3.8, 4) is 0 Å². The van der Waals surface area contributed by atoms with E-state index in [1.54, 1.807) is 7.11 Å². The third-order valence-corrected chi connectivity index (χ3v) is 0.581. The van der Waals surface area contributed by atoms with Crippen LogP contribution >= 0.6 is 0 Å². The maximum Gasteiger partial charge on any atom is 0.0572 e. The van der Waals surface area contributed by atoms with Crippen molar-refractivity contribution in [2.75, 3.05) is 13.7 Å². The monoisotopic (exact) mass is 101 g/mol. The highest BCUT2D eigenvalue weighted by atomic mass is 16.6. The lowest BCUT2D eigenvalue weighted by Crippen LogP contribution is -2.10. The molecule has 42 valence electrons. The average Bonchev–Trinajstić information content (AvgIpc) is 1.69. The molecule has 0 amide bonds. The van der Waals surface area contributed by atoms with Crippen molar-refractivity contribution < 1.29 is 4.84 Å². The first kappa shape index (κ1) is 6.66. The van der Waals surface area contributed by atoms with Crippen LogP contribution in [0, 0.1) is 0 Å². The van der Waals surface area contributed by atoms with Gasteiger partial charge < -0.3 is 4.84 Å². The Kier molecular flexibility index (Phi) is 5.39. The van der Waals surface area contributed by atoms with Gasteiger partial charge in [-0.25, -0.2) is 0 Å². The van der Waals surface area contributed by atoms with Gasteiger partial charge in [0.05, 0.1) is 7.11 Å². The number of nitrogens with one attached hydrogen (secondary N) is 1. The summed E-state index contributed by atoms with van der Waals surface area (Å²) in [6.07, 6.45) is 3.94. The molecule has 1 N–H and O–H groups in total. The molecule has 0 aliphatic heterocycles. The second-order valence-corrected chi connectivity index (χ2v) is 1.12. The van der Waals surface area contributed by atoms with E-state index in [4.69, 9.17) is 0 Å². The molecule has 0 aromatic heterocycles. The van der Waals surface area contributed by atoms with Crippen LogP contribution < -0.4 is 5.48 Å². The van der Waals surface area contributed by atoms with E-state index in [9.17, 15) is 0 Å². The minimum absolute atomic E-state index is 0.785. The minimum atomic E-state index is 0.785. The first-order chi connectivity index (χ1) is 3.41. The van der Waals surface area contributed by atoms with Crippen molar-refractivity contribution in [1.29, 1.82) is 0 Å². The highest BCUT2D eigenvalue weighted by molar-refractivity contribution is 4.77. The molecule has 0 heterocycles. The Hall–Kier alpha value is -0.340. The average molecular weight is 101 g/mol. The van der Waals surface area contributed by atoms with Crippen molar-refractivity contribution in [2.45, 2.75) is 6.92 Å². The van der Waals surface area contributed by atoms with E-state index in [-0.39, 0.29) is 0 Å². The molecule has 2 heteroatoms. The summed E-state index contributed by atoms with van der Waals surface area (Å²) in [5, 5.41) is 0. The standard InChI is InChI=1S/C5H11NO/c1-3-4-5-6-7-2/h3-4,6H,5H2,1-2H3/b4-3+. The molecule has 0 aliphatic carbocycles. The molecule has 0 aliphatic rings. The number of hydrogen-bond acceptors (Lipinski definition) is 2. The Labute approximate surface area is 44.1 Å². The highest BCUT2D eigenvalue weighted by Gasteiger charge is 1.68. The van der Waals surface area contributed by atoms with Gasteiger partial charge >= 0.3 is 0 Å². The fourth-order valence-electron chi connectivity index (χ4n) is 0.249. The molecule has 0 spiro atoms. The smallest absolute Gasteiger partial charge is 0.0572 e. The maximum atomic E-state index is 4.54. The van der Waals surface area contributed by atoms with Crippen molar-refractivity contribution >= 4 is 0 Å². The van der Waals surface area contributed by atoms with E-state index < -0.39 is 0 Å². The van der Waals surface area contributed by atoms with E-state index in [0.29, 0.717) is 0 Å². The molecule has 7 heavy (non-hydrogen) atoms. The lowest BCUT2D eigenvalue weighted by Gasteiger charge is -1.91. The lowest BCUT2D eigenvalue weighted by molar-refractivity contribution is 0.101. The van der Waals surface area contributed by atoms with E-state index in [0.717, 1.165) is 6.54 Å². The van der Waals surface area contributed by atoms with Crippen molar-refractivity contribution in [3.63, 3.8) is 0 Å².